The second-order valence-corrected chi connectivity index (χ2v) is 2.69. The van der Waals surface area contributed by atoms with Gasteiger partial charge in [0, 0.05) is 26.1 Å². The molecule has 0 aliphatic heterocycles. The predicted molar refractivity (Wildman–Crippen MR) is 41.6 cm³/mol. The van der Waals surface area contributed by atoms with Crippen LogP contribution < -0.4 is 0 Å². The van der Waals surface area contributed by atoms with Crippen LogP contribution in [0.3, 0.4) is 0 Å². The van der Waals surface area contributed by atoms with Gasteiger partial charge in [0.15, 0.2) is 0 Å². The van der Waals surface area contributed by atoms with Crippen molar-refractivity contribution in [2.45, 2.75) is 25.7 Å². The molecule has 0 aromatic rings. The SMILES string of the molecule is COCCCC#CC1CC1. The minimum atomic E-state index is 0.752. The lowest BCUT2D eigenvalue weighted by molar-refractivity contribution is 0.196. The highest BCUT2D eigenvalue weighted by Crippen LogP contribution is 2.27. The Morgan fingerprint density at radius 3 is 2.90 bits per heavy atom. The van der Waals surface area contributed by atoms with Crippen LogP contribution in [-0.2, 0) is 4.74 Å². The number of rotatable bonds is 3. The van der Waals surface area contributed by atoms with Crippen molar-refractivity contribution in [1.29, 1.82) is 0 Å². The van der Waals surface area contributed by atoms with E-state index in [2.05, 4.69) is 11.8 Å². The third-order valence-corrected chi connectivity index (χ3v) is 1.53. The maximum absolute atomic E-state index is 4.90. The van der Waals surface area contributed by atoms with Crippen LogP contribution in [0.25, 0.3) is 0 Å². The molecule has 1 saturated carbocycles. The fourth-order valence-corrected chi connectivity index (χ4v) is 0.749. The van der Waals surface area contributed by atoms with E-state index >= 15 is 0 Å². The molecular formula is C9H14O. The summed E-state index contributed by atoms with van der Waals surface area (Å²) in [6.45, 7) is 0.847. The zero-order chi connectivity index (χ0) is 7.23. The van der Waals surface area contributed by atoms with E-state index in [9.17, 15) is 0 Å². The maximum Gasteiger partial charge on any atom is 0.0471 e. The van der Waals surface area contributed by atoms with Gasteiger partial charge in [-0.15, -0.1) is 5.92 Å². The molecule has 1 nitrogen and oxygen atoms in total. The molecule has 0 bridgehead atoms. The molecule has 0 atom stereocenters. The molecule has 0 N–H and O–H groups in total. The summed E-state index contributed by atoms with van der Waals surface area (Å²) < 4.78 is 4.90. The lowest BCUT2D eigenvalue weighted by atomic mass is 10.3. The fourth-order valence-electron chi connectivity index (χ4n) is 0.749. The predicted octanol–water partition coefficient (Wildman–Crippen LogP) is 1.83. The lowest BCUT2D eigenvalue weighted by Gasteiger charge is -1.90. The van der Waals surface area contributed by atoms with E-state index in [4.69, 9.17) is 4.74 Å². The molecule has 0 unspecified atom stereocenters. The van der Waals surface area contributed by atoms with Crippen molar-refractivity contribution in [2.75, 3.05) is 13.7 Å². The van der Waals surface area contributed by atoms with Crippen LogP contribution in [0.1, 0.15) is 25.7 Å². The maximum atomic E-state index is 4.90. The van der Waals surface area contributed by atoms with Gasteiger partial charge in [-0.05, 0) is 19.3 Å². The molecule has 1 rings (SSSR count). The first-order valence-corrected chi connectivity index (χ1v) is 3.91. The van der Waals surface area contributed by atoms with Gasteiger partial charge in [-0.2, -0.15) is 0 Å². The van der Waals surface area contributed by atoms with E-state index in [-0.39, 0.29) is 0 Å². The van der Waals surface area contributed by atoms with E-state index in [1.807, 2.05) is 0 Å². The van der Waals surface area contributed by atoms with Gasteiger partial charge in [0.25, 0.3) is 0 Å². The third-order valence-electron chi connectivity index (χ3n) is 1.53. The van der Waals surface area contributed by atoms with E-state index in [0.717, 1.165) is 25.4 Å². The largest absolute Gasteiger partial charge is 0.385 e. The number of hydrogen-bond donors (Lipinski definition) is 0. The molecule has 0 aromatic heterocycles. The number of ether oxygens (including phenoxy) is 1. The first-order chi connectivity index (χ1) is 4.93. The molecule has 0 spiro atoms. The molecule has 1 heteroatoms. The van der Waals surface area contributed by atoms with Gasteiger partial charge in [0.2, 0.25) is 0 Å². The van der Waals surface area contributed by atoms with Crippen LogP contribution in [0.4, 0.5) is 0 Å². The number of methoxy groups -OCH3 is 1. The summed E-state index contributed by atoms with van der Waals surface area (Å²) in [6.07, 6.45) is 4.75. The molecular weight excluding hydrogens is 124 g/mol. The standard InChI is InChI=1S/C9H14O/c1-10-8-4-2-3-5-9-6-7-9/h9H,2,4,6-8H2,1H3. The van der Waals surface area contributed by atoms with Crippen molar-refractivity contribution >= 4 is 0 Å². The summed E-state index contributed by atoms with van der Waals surface area (Å²) in [5.74, 6) is 7.11. The average molecular weight is 138 g/mol. The zero-order valence-electron chi connectivity index (χ0n) is 6.52. The molecule has 0 aromatic carbocycles. The Morgan fingerprint density at radius 2 is 2.30 bits per heavy atom. The summed E-state index contributed by atoms with van der Waals surface area (Å²) in [4.78, 5) is 0. The van der Waals surface area contributed by atoms with Gasteiger partial charge in [-0.25, -0.2) is 0 Å². The van der Waals surface area contributed by atoms with Crippen molar-refractivity contribution in [2.24, 2.45) is 5.92 Å². The van der Waals surface area contributed by atoms with Crippen molar-refractivity contribution < 1.29 is 4.74 Å². The van der Waals surface area contributed by atoms with Gasteiger partial charge in [0.05, 0.1) is 0 Å². The first kappa shape index (κ1) is 7.63. The highest BCUT2D eigenvalue weighted by molar-refractivity contribution is 5.08. The van der Waals surface area contributed by atoms with Crippen molar-refractivity contribution in [3.63, 3.8) is 0 Å². The van der Waals surface area contributed by atoms with Gasteiger partial charge < -0.3 is 4.74 Å². The Morgan fingerprint density at radius 1 is 1.50 bits per heavy atom. The molecule has 1 aliphatic carbocycles. The summed E-state index contributed by atoms with van der Waals surface area (Å²) in [6, 6.07) is 0. The van der Waals surface area contributed by atoms with Crippen LogP contribution in [0.2, 0.25) is 0 Å². The Labute approximate surface area is 62.8 Å². The third kappa shape index (κ3) is 3.53. The van der Waals surface area contributed by atoms with Gasteiger partial charge in [-0.1, -0.05) is 5.92 Å². The van der Waals surface area contributed by atoms with Gasteiger partial charge in [-0.3, -0.25) is 0 Å². The van der Waals surface area contributed by atoms with Gasteiger partial charge >= 0.3 is 0 Å². The molecule has 0 heterocycles. The van der Waals surface area contributed by atoms with Crippen LogP contribution in [0, 0.1) is 17.8 Å². The lowest BCUT2D eigenvalue weighted by Crippen LogP contribution is -1.85. The summed E-state index contributed by atoms with van der Waals surface area (Å²) in [5.41, 5.74) is 0. The Bertz CT molecular complexity index is 137. The average Bonchev–Trinajstić information content (AvgIpc) is 2.71. The van der Waals surface area contributed by atoms with Crippen LogP contribution >= 0.6 is 0 Å². The summed E-state index contributed by atoms with van der Waals surface area (Å²) in [7, 11) is 1.73. The zero-order valence-corrected chi connectivity index (χ0v) is 6.52. The molecule has 0 amide bonds. The molecule has 1 aliphatic rings. The molecule has 0 radical (unpaired) electrons. The molecule has 10 heavy (non-hydrogen) atoms. The second kappa shape index (κ2) is 4.35. The monoisotopic (exact) mass is 138 g/mol. The molecule has 1 fully saturated rings. The van der Waals surface area contributed by atoms with Gasteiger partial charge in [0.1, 0.15) is 0 Å². The smallest absolute Gasteiger partial charge is 0.0471 e. The summed E-state index contributed by atoms with van der Waals surface area (Å²) in [5, 5.41) is 0. The minimum Gasteiger partial charge on any atom is -0.385 e. The van der Waals surface area contributed by atoms with E-state index < -0.39 is 0 Å². The Hall–Kier alpha value is -0.480. The normalized spacial score (nSPS) is 16.1. The van der Waals surface area contributed by atoms with Crippen molar-refractivity contribution in [1.82, 2.24) is 0 Å². The number of unbranched alkanes of at least 4 members (excludes halogenated alkanes) is 1. The first-order valence-electron chi connectivity index (χ1n) is 3.91. The highest BCUT2D eigenvalue weighted by atomic mass is 16.5. The van der Waals surface area contributed by atoms with Crippen LogP contribution in [0.15, 0.2) is 0 Å². The molecule has 56 valence electrons. The quantitative estimate of drug-likeness (QED) is 0.427. The Balaban J connectivity index is 1.89. The minimum absolute atomic E-state index is 0.752. The Kier molecular flexibility index (Phi) is 3.32. The number of hydrogen-bond acceptors (Lipinski definition) is 1. The summed E-state index contributed by atoms with van der Waals surface area (Å²) >= 11 is 0. The topological polar surface area (TPSA) is 9.23 Å². The van der Waals surface area contributed by atoms with Crippen LogP contribution in [0.5, 0.6) is 0 Å². The second-order valence-electron chi connectivity index (χ2n) is 2.69. The van der Waals surface area contributed by atoms with Crippen molar-refractivity contribution in [3.8, 4) is 11.8 Å². The highest BCUT2D eigenvalue weighted by Gasteiger charge is 2.17. The van der Waals surface area contributed by atoms with E-state index in [1.54, 1.807) is 7.11 Å². The fraction of sp³-hybridized carbons (Fsp3) is 0.778. The molecule has 0 saturated heterocycles. The van der Waals surface area contributed by atoms with Crippen molar-refractivity contribution in [3.05, 3.63) is 0 Å². The van der Waals surface area contributed by atoms with E-state index in [1.165, 1.54) is 12.8 Å². The van der Waals surface area contributed by atoms with E-state index in [0.29, 0.717) is 0 Å². The van der Waals surface area contributed by atoms with Crippen LogP contribution in [-0.4, -0.2) is 13.7 Å².